The van der Waals surface area contributed by atoms with Crippen LogP contribution in [-0.4, -0.2) is 22.7 Å². The lowest BCUT2D eigenvalue weighted by atomic mass is 9.90. The van der Waals surface area contributed by atoms with Gasteiger partial charge in [0, 0.05) is 17.9 Å². The Kier molecular flexibility index (Phi) is 5.62. The van der Waals surface area contributed by atoms with E-state index in [0.29, 0.717) is 6.54 Å². The Morgan fingerprint density at radius 2 is 2.15 bits per heavy atom. The summed E-state index contributed by atoms with van der Waals surface area (Å²) in [6.07, 6.45) is 0.857. The summed E-state index contributed by atoms with van der Waals surface area (Å²) in [6, 6.07) is 2.99. The number of benzene rings is 1. The smallest absolute Gasteiger partial charge is 0.272 e. The van der Waals surface area contributed by atoms with Crippen LogP contribution in [0.3, 0.4) is 0 Å². The summed E-state index contributed by atoms with van der Waals surface area (Å²) in [6.45, 7) is 4.37. The van der Waals surface area contributed by atoms with Crippen LogP contribution in [0.15, 0.2) is 18.2 Å². The minimum Gasteiger partial charge on any atom is -0.351 e. The lowest BCUT2D eigenvalue weighted by Crippen LogP contribution is -2.34. The van der Waals surface area contributed by atoms with Crippen molar-refractivity contribution in [1.29, 1.82) is 0 Å². The molecule has 110 valence electrons. The van der Waals surface area contributed by atoms with E-state index in [2.05, 4.69) is 21.2 Å². The van der Waals surface area contributed by atoms with Crippen LogP contribution in [0, 0.1) is 21.3 Å². The largest absolute Gasteiger partial charge is 0.351 e. The van der Waals surface area contributed by atoms with Crippen LogP contribution in [-0.2, 0) is 0 Å². The third-order valence-corrected chi connectivity index (χ3v) is 3.30. The molecule has 1 aromatic carbocycles. The van der Waals surface area contributed by atoms with Crippen molar-refractivity contribution in [3.63, 3.8) is 0 Å². The van der Waals surface area contributed by atoms with E-state index in [1.807, 2.05) is 13.8 Å². The Morgan fingerprint density at radius 3 is 2.65 bits per heavy atom. The maximum Gasteiger partial charge on any atom is 0.272 e. The van der Waals surface area contributed by atoms with Gasteiger partial charge in [-0.05, 0) is 17.9 Å². The van der Waals surface area contributed by atoms with Crippen LogP contribution in [0.25, 0.3) is 0 Å². The van der Waals surface area contributed by atoms with Gasteiger partial charge in [-0.25, -0.2) is 4.39 Å². The highest BCUT2D eigenvalue weighted by Crippen LogP contribution is 2.21. The highest BCUT2D eigenvalue weighted by atomic mass is 79.9. The van der Waals surface area contributed by atoms with E-state index in [0.717, 1.165) is 30.0 Å². The van der Waals surface area contributed by atoms with E-state index in [9.17, 15) is 19.3 Å². The molecule has 5 nitrogen and oxygen atoms in total. The van der Waals surface area contributed by atoms with Crippen molar-refractivity contribution in [2.45, 2.75) is 20.3 Å². The molecule has 0 aliphatic heterocycles. The van der Waals surface area contributed by atoms with Crippen LogP contribution in [0.2, 0.25) is 0 Å². The molecule has 20 heavy (non-hydrogen) atoms. The molecule has 1 rings (SSSR count). The number of carbonyl (C=O) groups is 1. The molecular formula is C13H16BrFN2O3. The molecule has 0 unspecified atom stereocenters. The van der Waals surface area contributed by atoms with Crippen molar-refractivity contribution in [3.8, 4) is 0 Å². The number of rotatable bonds is 6. The van der Waals surface area contributed by atoms with E-state index < -0.39 is 16.6 Å². The predicted octanol–water partition coefficient (Wildman–Crippen LogP) is 3.27. The molecule has 0 aliphatic carbocycles. The van der Waals surface area contributed by atoms with Gasteiger partial charge in [-0.2, -0.15) is 0 Å². The normalized spacial score (nSPS) is 11.2. The Morgan fingerprint density at radius 1 is 1.50 bits per heavy atom. The summed E-state index contributed by atoms with van der Waals surface area (Å²) in [5, 5.41) is 13.9. The Balaban J connectivity index is 2.76. The fraction of sp³-hybridized carbons (Fsp3) is 0.462. The molecule has 7 heteroatoms. The number of nitrogens with one attached hydrogen (secondary N) is 1. The molecule has 0 aromatic heterocycles. The van der Waals surface area contributed by atoms with E-state index in [-0.39, 0.29) is 16.7 Å². The van der Waals surface area contributed by atoms with E-state index in [1.165, 1.54) is 0 Å². The molecule has 0 aliphatic rings. The molecule has 0 fully saturated rings. The lowest BCUT2D eigenvalue weighted by molar-refractivity contribution is -0.385. The fourth-order valence-corrected chi connectivity index (χ4v) is 2.63. The zero-order valence-electron chi connectivity index (χ0n) is 11.3. The number of hydrogen-bond acceptors (Lipinski definition) is 3. The highest BCUT2D eigenvalue weighted by molar-refractivity contribution is 9.09. The predicted molar refractivity (Wildman–Crippen MR) is 77.6 cm³/mol. The van der Waals surface area contributed by atoms with Crippen LogP contribution in [0.4, 0.5) is 10.1 Å². The number of carbonyl (C=O) groups excluding carboxylic acids is 1. The van der Waals surface area contributed by atoms with Crippen molar-refractivity contribution >= 4 is 27.5 Å². The standard InChI is InChI=1S/C13H16BrFN2O3/c1-13(2,5-6-14)8-16-12(18)10-4-3-9(17(19)20)7-11(10)15/h3-4,7H,5-6,8H2,1-2H3,(H,16,18). The van der Waals surface area contributed by atoms with Gasteiger partial charge in [0.1, 0.15) is 5.82 Å². The second-order valence-electron chi connectivity index (χ2n) is 5.21. The van der Waals surface area contributed by atoms with Gasteiger partial charge in [-0.15, -0.1) is 0 Å². The first-order valence-electron chi connectivity index (χ1n) is 6.05. The Bertz CT molecular complexity index is 520. The van der Waals surface area contributed by atoms with Crippen LogP contribution in [0.1, 0.15) is 30.6 Å². The van der Waals surface area contributed by atoms with E-state index >= 15 is 0 Å². The minimum absolute atomic E-state index is 0.115. The lowest BCUT2D eigenvalue weighted by Gasteiger charge is -2.23. The molecule has 0 saturated heterocycles. The quantitative estimate of drug-likeness (QED) is 0.488. The number of nitro groups is 1. The summed E-state index contributed by atoms with van der Waals surface area (Å²) < 4.78 is 13.7. The van der Waals surface area contributed by atoms with Gasteiger partial charge in [0.15, 0.2) is 0 Å². The topological polar surface area (TPSA) is 72.2 Å². The molecular weight excluding hydrogens is 331 g/mol. The van der Waals surface area contributed by atoms with Gasteiger partial charge >= 0.3 is 0 Å². The Labute approximate surface area is 124 Å². The first-order valence-corrected chi connectivity index (χ1v) is 7.17. The minimum atomic E-state index is -0.894. The van der Waals surface area contributed by atoms with Crippen molar-refractivity contribution in [2.24, 2.45) is 5.41 Å². The molecule has 1 aromatic rings. The van der Waals surface area contributed by atoms with Crippen LogP contribution in [0.5, 0.6) is 0 Å². The van der Waals surface area contributed by atoms with Gasteiger partial charge < -0.3 is 5.32 Å². The Hall–Kier alpha value is -1.50. The second kappa shape index (κ2) is 6.78. The maximum atomic E-state index is 13.7. The van der Waals surface area contributed by atoms with Gasteiger partial charge in [0.05, 0.1) is 16.6 Å². The van der Waals surface area contributed by atoms with Crippen molar-refractivity contribution in [1.82, 2.24) is 5.32 Å². The molecule has 0 bridgehead atoms. The third kappa shape index (κ3) is 4.56. The van der Waals surface area contributed by atoms with Crippen molar-refractivity contribution in [3.05, 3.63) is 39.7 Å². The van der Waals surface area contributed by atoms with Gasteiger partial charge in [0.25, 0.3) is 11.6 Å². The fourth-order valence-electron chi connectivity index (χ4n) is 1.56. The highest BCUT2D eigenvalue weighted by Gasteiger charge is 2.20. The summed E-state index contributed by atoms with van der Waals surface area (Å²) in [5.41, 5.74) is -0.680. The summed E-state index contributed by atoms with van der Waals surface area (Å²) in [4.78, 5) is 21.7. The van der Waals surface area contributed by atoms with Gasteiger partial charge in [-0.3, -0.25) is 14.9 Å². The average Bonchev–Trinajstić information content (AvgIpc) is 2.35. The number of nitrogens with zero attached hydrogens (tertiary/aromatic N) is 1. The SMILES string of the molecule is CC(C)(CCBr)CNC(=O)c1ccc([N+](=O)[O-])cc1F. The van der Waals surface area contributed by atoms with Crippen molar-refractivity contribution in [2.75, 3.05) is 11.9 Å². The van der Waals surface area contributed by atoms with Gasteiger partial charge in [0.2, 0.25) is 0 Å². The molecule has 0 saturated carbocycles. The van der Waals surface area contributed by atoms with E-state index in [4.69, 9.17) is 0 Å². The van der Waals surface area contributed by atoms with Crippen LogP contribution < -0.4 is 5.32 Å². The van der Waals surface area contributed by atoms with Gasteiger partial charge in [-0.1, -0.05) is 29.8 Å². The maximum absolute atomic E-state index is 13.7. The number of halogens is 2. The molecule has 0 radical (unpaired) electrons. The summed E-state index contributed by atoms with van der Waals surface area (Å²) >= 11 is 3.33. The number of nitro benzene ring substituents is 1. The molecule has 0 atom stereocenters. The zero-order valence-corrected chi connectivity index (χ0v) is 12.9. The molecule has 0 heterocycles. The number of amides is 1. The number of alkyl halides is 1. The monoisotopic (exact) mass is 346 g/mol. The number of hydrogen-bond donors (Lipinski definition) is 1. The summed E-state index contributed by atoms with van der Waals surface area (Å²) in [7, 11) is 0. The van der Waals surface area contributed by atoms with E-state index in [1.54, 1.807) is 0 Å². The van der Waals surface area contributed by atoms with Crippen LogP contribution >= 0.6 is 15.9 Å². The first-order chi connectivity index (χ1) is 9.26. The number of non-ortho nitro benzene ring substituents is 1. The molecule has 1 amide bonds. The summed E-state index contributed by atoms with van der Waals surface area (Å²) in [5.74, 6) is -1.46. The zero-order chi connectivity index (χ0) is 15.3. The second-order valence-corrected chi connectivity index (χ2v) is 6.00. The van der Waals surface area contributed by atoms with Crippen molar-refractivity contribution < 1.29 is 14.1 Å². The first kappa shape index (κ1) is 16.6. The average molecular weight is 347 g/mol. The third-order valence-electron chi connectivity index (χ3n) is 2.91. The molecule has 0 spiro atoms. The molecule has 1 N–H and O–H groups in total.